The van der Waals surface area contributed by atoms with Crippen LogP contribution < -0.4 is 31.6 Å². The molecule has 208 valence electrons. The SMILES string of the molecule is CCCCCCCCCCCCOc1cc(Cl)ccc1CC(=O)Nc1cccc(C[n+]2csc(C)c2)c1.[Br-]. The van der Waals surface area contributed by atoms with E-state index in [1.165, 1.54) is 62.7 Å². The Balaban J connectivity index is 0.00000507. The maximum atomic E-state index is 12.8. The molecule has 4 nitrogen and oxygen atoms in total. The van der Waals surface area contributed by atoms with Crippen LogP contribution in [0.15, 0.2) is 54.2 Å². The average molecular weight is 622 g/mol. The average Bonchev–Trinajstić information content (AvgIpc) is 3.28. The van der Waals surface area contributed by atoms with Crippen molar-refractivity contribution in [3.8, 4) is 5.75 Å². The molecule has 1 heterocycles. The number of aryl methyl sites for hydroxylation is 1. The molecular formula is C31H42BrClN2O2S. The fourth-order valence-corrected chi connectivity index (χ4v) is 5.24. The highest BCUT2D eigenvalue weighted by Gasteiger charge is 2.12. The van der Waals surface area contributed by atoms with Gasteiger partial charge in [0, 0.05) is 21.8 Å². The van der Waals surface area contributed by atoms with Gasteiger partial charge < -0.3 is 27.0 Å². The molecule has 1 aromatic heterocycles. The summed E-state index contributed by atoms with van der Waals surface area (Å²) in [6, 6.07) is 13.5. The summed E-state index contributed by atoms with van der Waals surface area (Å²) in [4.78, 5) is 14.1. The quantitative estimate of drug-likeness (QED) is 0.159. The number of ether oxygens (including phenoxy) is 1. The Hall–Kier alpha value is -1.89. The molecule has 0 aliphatic rings. The zero-order chi connectivity index (χ0) is 26.3. The fourth-order valence-electron chi connectivity index (χ4n) is 4.44. The van der Waals surface area contributed by atoms with E-state index >= 15 is 0 Å². The van der Waals surface area contributed by atoms with E-state index in [1.54, 1.807) is 11.3 Å². The number of carbonyl (C=O) groups is 1. The molecule has 0 saturated heterocycles. The minimum absolute atomic E-state index is 0. The number of carbonyl (C=O) groups excluding carboxylic acids is 1. The maximum absolute atomic E-state index is 12.8. The van der Waals surface area contributed by atoms with Crippen molar-refractivity contribution in [1.82, 2.24) is 0 Å². The van der Waals surface area contributed by atoms with Crippen LogP contribution in [0.2, 0.25) is 5.02 Å². The summed E-state index contributed by atoms with van der Waals surface area (Å²) in [5.74, 6) is 0.638. The van der Waals surface area contributed by atoms with Crippen molar-refractivity contribution >= 4 is 34.5 Å². The first-order valence-corrected chi connectivity index (χ1v) is 15.0. The Morgan fingerprint density at radius 1 is 0.974 bits per heavy atom. The van der Waals surface area contributed by atoms with Crippen molar-refractivity contribution in [3.63, 3.8) is 0 Å². The van der Waals surface area contributed by atoms with Crippen LogP contribution in [0, 0.1) is 6.92 Å². The van der Waals surface area contributed by atoms with Crippen LogP contribution in [0.4, 0.5) is 5.69 Å². The van der Waals surface area contributed by atoms with Crippen LogP contribution in [0.25, 0.3) is 0 Å². The molecule has 7 heteroatoms. The number of hydrogen-bond acceptors (Lipinski definition) is 3. The van der Waals surface area contributed by atoms with E-state index in [0.717, 1.165) is 29.8 Å². The number of aromatic nitrogens is 1. The highest BCUT2D eigenvalue weighted by molar-refractivity contribution is 7.09. The van der Waals surface area contributed by atoms with Gasteiger partial charge in [0.15, 0.2) is 12.7 Å². The molecule has 1 N–H and O–H groups in total. The van der Waals surface area contributed by atoms with Gasteiger partial charge in [-0.25, -0.2) is 0 Å². The monoisotopic (exact) mass is 620 g/mol. The zero-order valence-corrected chi connectivity index (χ0v) is 26.0. The van der Waals surface area contributed by atoms with Gasteiger partial charge in [0.2, 0.25) is 11.4 Å². The molecular weight excluding hydrogens is 580 g/mol. The van der Waals surface area contributed by atoms with Crippen LogP contribution in [0.5, 0.6) is 5.75 Å². The summed E-state index contributed by atoms with van der Waals surface area (Å²) in [7, 11) is 0. The molecule has 3 aromatic rings. The lowest BCUT2D eigenvalue weighted by molar-refractivity contribution is -0.683. The maximum Gasteiger partial charge on any atom is 0.228 e. The minimum atomic E-state index is -0.0673. The molecule has 3 rings (SSSR count). The molecule has 0 bridgehead atoms. The first kappa shape index (κ1) is 32.3. The number of rotatable bonds is 17. The Morgan fingerprint density at radius 2 is 1.68 bits per heavy atom. The molecule has 0 fully saturated rings. The van der Waals surface area contributed by atoms with Crippen molar-refractivity contribution in [2.24, 2.45) is 0 Å². The van der Waals surface area contributed by atoms with Crippen LogP contribution in [0.3, 0.4) is 0 Å². The second-order valence-electron chi connectivity index (χ2n) is 9.84. The lowest BCUT2D eigenvalue weighted by Gasteiger charge is -2.13. The van der Waals surface area contributed by atoms with Gasteiger partial charge in [-0.15, -0.1) is 0 Å². The lowest BCUT2D eigenvalue weighted by atomic mass is 10.1. The number of amides is 1. The highest BCUT2D eigenvalue weighted by atomic mass is 79.9. The van der Waals surface area contributed by atoms with Gasteiger partial charge in [-0.1, -0.05) is 106 Å². The predicted octanol–water partition coefficient (Wildman–Crippen LogP) is 5.53. The van der Waals surface area contributed by atoms with E-state index in [2.05, 4.69) is 41.5 Å². The molecule has 2 aromatic carbocycles. The second-order valence-corrected chi connectivity index (χ2v) is 11.4. The van der Waals surface area contributed by atoms with E-state index in [-0.39, 0.29) is 29.3 Å². The van der Waals surface area contributed by atoms with Gasteiger partial charge in [0.25, 0.3) is 0 Å². The van der Waals surface area contributed by atoms with Crippen molar-refractivity contribution in [2.75, 3.05) is 11.9 Å². The van der Waals surface area contributed by atoms with Gasteiger partial charge >= 0.3 is 0 Å². The summed E-state index contributed by atoms with van der Waals surface area (Å²) < 4.78 is 8.22. The fraction of sp³-hybridized carbons (Fsp3) is 0.484. The Kier molecular flexibility index (Phi) is 15.7. The number of nitrogens with one attached hydrogen (secondary N) is 1. The van der Waals surface area contributed by atoms with Gasteiger partial charge in [-0.05, 0) is 37.6 Å². The lowest BCUT2D eigenvalue weighted by Crippen LogP contribution is -3.00. The van der Waals surface area contributed by atoms with Crippen molar-refractivity contribution in [2.45, 2.75) is 91.0 Å². The van der Waals surface area contributed by atoms with Gasteiger partial charge in [-0.3, -0.25) is 4.79 Å². The third kappa shape index (κ3) is 12.3. The number of hydrogen-bond donors (Lipinski definition) is 1. The van der Waals surface area contributed by atoms with E-state index in [0.29, 0.717) is 17.4 Å². The standard InChI is InChI=1S/C31H41ClN2O2S.BrH/c1-3-4-5-6-7-8-9-10-11-12-18-36-30-21-28(32)17-16-27(30)20-31(35)33-29-15-13-14-26(19-29)23-34-22-25(2)37-24-34;/h13-17,19,21-22,24H,3-12,18,20,23H2,1-2H3;1H. The number of halogens is 2. The molecule has 0 atom stereocenters. The summed E-state index contributed by atoms with van der Waals surface area (Å²) in [5.41, 5.74) is 4.91. The van der Waals surface area contributed by atoms with Gasteiger partial charge in [0.05, 0.1) is 17.9 Å². The summed E-state index contributed by atoms with van der Waals surface area (Å²) in [6.45, 7) is 5.79. The molecule has 0 radical (unpaired) electrons. The predicted molar refractivity (Wildman–Crippen MR) is 156 cm³/mol. The van der Waals surface area contributed by atoms with E-state index in [1.807, 2.05) is 36.4 Å². The van der Waals surface area contributed by atoms with Crippen molar-refractivity contribution in [1.29, 1.82) is 0 Å². The number of nitrogens with zero attached hydrogens (tertiary/aromatic N) is 1. The van der Waals surface area contributed by atoms with Gasteiger partial charge in [0.1, 0.15) is 5.75 Å². The molecule has 0 aliphatic carbocycles. The molecule has 0 saturated carbocycles. The second kappa shape index (κ2) is 18.4. The third-order valence-electron chi connectivity index (χ3n) is 6.43. The van der Waals surface area contributed by atoms with Crippen LogP contribution in [-0.4, -0.2) is 12.5 Å². The zero-order valence-electron chi connectivity index (χ0n) is 22.8. The Morgan fingerprint density at radius 3 is 2.37 bits per heavy atom. The highest BCUT2D eigenvalue weighted by Crippen LogP contribution is 2.25. The molecule has 38 heavy (non-hydrogen) atoms. The largest absolute Gasteiger partial charge is 1.00 e. The summed E-state index contributed by atoms with van der Waals surface area (Å²) in [6.07, 6.45) is 15.3. The smallest absolute Gasteiger partial charge is 0.228 e. The van der Waals surface area contributed by atoms with E-state index in [9.17, 15) is 4.79 Å². The first-order chi connectivity index (χ1) is 18.0. The molecule has 0 aliphatic heterocycles. The summed E-state index contributed by atoms with van der Waals surface area (Å²) >= 11 is 7.96. The van der Waals surface area contributed by atoms with Crippen LogP contribution in [0.1, 0.15) is 87.1 Å². The summed E-state index contributed by atoms with van der Waals surface area (Å²) in [5, 5.41) is 3.66. The van der Waals surface area contributed by atoms with E-state index < -0.39 is 0 Å². The molecule has 0 unspecified atom stereocenters. The number of unbranched alkanes of at least 4 members (excludes halogenated alkanes) is 9. The Labute approximate surface area is 248 Å². The normalized spacial score (nSPS) is 10.7. The Bertz CT molecular complexity index is 1100. The van der Waals surface area contributed by atoms with Crippen molar-refractivity contribution < 1.29 is 31.1 Å². The number of anilines is 1. The topological polar surface area (TPSA) is 42.2 Å². The van der Waals surface area contributed by atoms with E-state index in [4.69, 9.17) is 16.3 Å². The molecule has 1 amide bonds. The minimum Gasteiger partial charge on any atom is -1.00 e. The van der Waals surface area contributed by atoms with Crippen molar-refractivity contribution in [3.05, 3.63) is 75.2 Å². The van der Waals surface area contributed by atoms with Gasteiger partial charge in [-0.2, -0.15) is 4.57 Å². The first-order valence-electron chi connectivity index (χ1n) is 13.8. The number of benzene rings is 2. The van der Waals surface area contributed by atoms with Crippen LogP contribution >= 0.6 is 22.9 Å². The number of thiazole rings is 1. The third-order valence-corrected chi connectivity index (χ3v) is 7.52. The molecule has 0 spiro atoms. The van der Waals surface area contributed by atoms with Crippen LogP contribution in [-0.2, 0) is 17.8 Å².